The molecule has 2 aromatic rings. The van der Waals surface area contributed by atoms with Crippen molar-refractivity contribution in [2.24, 2.45) is 10.2 Å². The fourth-order valence-electron chi connectivity index (χ4n) is 1.80. The van der Waals surface area contributed by atoms with Gasteiger partial charge in [-0.25, -0.2) is 0 Å². The zero-order chi connectivity index (χ0) is 18.4. The Morgan fingerprint density at radius 2 is 1.58 bits per heavy atom. The van der Waals surface area contributed by atoms with Gasteiger partial charge in [-0.15, -0.1) is 0 Å². The molecule has 0 saturated carbocycles. The predicted octanol–water partition coefficient (Wildman–Crippen LogP) is -2.01. The van der Waals surface area contributed by atoms with Gasteiger partial charge in [-0.1, -0.05) is 0 Å². The number of phenols is 1. The minimum atomic E-state index is -1.54. The topological polar surface area (TPSA) is 151 Å². The monoisotopic (exact) mass is 365 g/mol. The van der Waals surface area contributed by atoms with E-state index in [1.54, 1.807) is 0 Å². The molecular formula is C16H12N3NaO6. The molecule has 2 aromatic carbocycles. The zero-order valence-corrected chi connectivity index (χ0v) is 15.7. The summed E-state index contributed by atoms with van der Waals surface area (Å²) in [6.07, 6.45) is 0. The third-order valence-corrected chi connectivity index (χ3v) is 3.01. The number of nitrogens with zero attached hydrogens (tertiary/aromatic N) is 2. The number of nitrogens with one attached hydrogen (secondary N) is 1. The predicted molar refractivity (Wildman–Crippen MR) is 83.0 cm³/mol. The second-order valence-corrected chi connectivity index (χ2v) is 4.81. The second-order valence-electron chi connectivity index (χ2n) is 4.81. The van der Waals surface area contributed by atoms with Crippen molar-refractivity contribution < 1.29 is 59.3 Å². The summed E-state index contributed by atoms with van der Waals surface area (Å²) in [7, 11) is 0. The number of carbonyl (C=O) groups is 3. The van der Waals surface area contributed by atoms with Crippen LogP contribution in [0.25, 0.3) is 0 Å². The first kappa shape index (κ1) is 21.3. The van der Waals surface area contributed by atoms with Crippen molar-refractivity contribution >= 4 is 29.2 Å². The van der Waals surface area contributed by atoms with Crippen molar-refractivity contribution in [3.8, 4) is 5.75 Å². The molecule has 0 fully saturated rings. The van der Waals surface area contributed by atoms with E-state index in [-0.39, 0.29) is 40.8 Å². The summed E-state index contributed by atoms with van der Waals surface area (Å²) in [5.74, 6) is -3.66. The average Bonchev–Trinajstić information content (AvgIpc) is 2.59. The number of aliphatic carboxylic acids is 1. The molecule has 26 heavy (non-hydrogen) atoms. The van der Waals surface area contributed by atoms with Crippen LogP contribution in [0.2, 0.25) is 0 Å². The number of aromatic hydroxyl groups is 1. The molecule has 0 unspecified atom stereocenters. The minimum Gasteiger partial charge on any atom is -0.545 e. The zero-order valence-electron chi connectivity index (χ0n) is 13.7. The number of rotatable bonds is 6. The van der Waals surface area contributed by atoms with E-state index in [4.69, 9.17) is 5.11 Å². The maximum absolute atomic E-state index is 11.7. The Kier molecular flexibility index (Phi) is 7.91. The third kappa shape index (κ3) is 5.96. The van der Waals surface area contributed by atoms with Crippen molar-refractivity contribution in [1.29, 1.82) is 0 Å². The van der Waals surface area contributed by atoms with E-state index in [9.17, 15) is 24.6 Å². The number of hydrogen-bond acceptors (Lipinski definition) is 7. The van der Waals surface area contributed by atoms with Gasteiger partial charge in [0.2, 0.25) is 0 Å². The third-order valence-electron chi connectivity index (χ3n) is 3.01. The second kappa shape index (κ2) is 9.66. The quantitative estimate of drug-likeness (QED) is 0.397. The molecule has 0 saturated heterocycles. The smallest absolute Gasteiger partial charge is 0.545 e. The molecule has 2 rings (SSSR count). The Balaban J connectivity index is 0.00000338. The van der Waals surface area contributed by atoms with Crippen molar-refractivity contribution in [3.05, 3.63) is 53.6 Å². The SMILES string of the molecule is O=C(O)CNC(=O)c1ccc(N=Nc2ccc(O)c(C(=O)[O-])c2)cc1.[Na+]. The van der Waals surface area contributed by atoms with Gasteiger partial charge in [0.05, 0.1) is 17.3 Å². The molecule has 3 N–H and O–H groups in total. The molecule has 10 heteroatoms. The van der Waals surface area contributed by atoms with Crippen molar-refractivity contribution in [2.45, 2.75) is 0 Å². The number of aromatic carboxylic acids is 1. The molecule has 0 bridgehead atoms. The summed E-state index contributed by atoms with van der Waals surface area (Å²) in [6.45, 7) is -0.484. The van der Waals surface area contributed by atoms with E-state index in [1.807, 2.05) is 0 Å². The van der Waals surface area contributed by atoms with Gasteiger partial charge in [-0.2, -0.15) is 10.2 Å². The van der Waals surface area contributed by atoms with Crippen LogP contribution in [0.15, 0.2) is 52.7 Å². The van der Waals surface area contributed by atoms with Crippen molar-refractivity contribution in [3.63, 3.8) is 0 Å². The van der Waals surface area contributed by atoms with E-state index in [0.29, 0.717) is 5.69 Å². The Hall–Kier alpha value is -2.75. The van der Waals surface area contributed by atoms with Crippen molar-refractivity contribution in [1.82, 2.24) is 5.32 Å². The van der Waals surface area contributed by atoms with Gasteiger partial charge in [0.15, 0.2) is 0 Å². The fraction of sp³-hybridized carbons (Fsp3) is 0.0625. The molecule has 0 heterocycles. The first-order chi connectivity index (χ1) is 11.9. The van der Waals surface area contributed by atoms with Crippen molar-refractivity contribution in [2.75, 3.05) is 6.54 Å². The van der Waals surface area contributed by atoms with Gasteiger partial charge in [0.1, 0.15) is 12.3 Å². The molecule has 1 amide bonds. The normalized spacial score (nSPS) is 10.2. The maximum atomic E-state index is 11.7. The van der Waals surface area contributed by atoms with Gasteiger partial charge < -0.3 is 25.4 Å². The van der Waals surface area contributed by atoms with E-state index < -0.39 is 35.7 Å². The molecule has 0 aliphatic rings. The van der Waals surface area contributed by atoms with Crippen LogP contribution in [0.5, 0.6) is 5.75 Å². The first-order valence-electron chi connectivity index (χ1n) is 6.93. The molecule has 0 aliphatic carbocycles. The van der Waals surface area contributed by atoms with Crippen LogP contribution < -0.4 is 40.0 Å². The molecule has 0 radical (unpaired) electrons. The number of carbonyl (C=O) groups excluding carboxylic acids is 2. The number of carboxylic acids is 2. The van der Waals surface area contributed by atoms with Gasteiger partial charge >= 0.3 is 35.5 Å². The Labute approximate surface area is 169 Å². The van der Waals surface area contributed by atoms with Crippen LogP contribution in [0.1, 0.15) is 20.7 Å². The van der Waals surface area contributed by atoms with Gasteiger partial charge in [-0.05, 0) is 42.5 Å². The number of azo groups is 1. The summed E-state index contributed by atoms with van der Waals surface area (Å²) in [4.78, 5) is 32.9. The Morgan fingerprint density at radius 3 is 2.15 bits per heavy atom. The summed E-state index contributed by atoms with van der Waals surface area (Å²) >= 11 is 0. The van der Waals surface area contributed by atoms with Crippen LogP contribution in [0.3, 0.4) is 0 Å². The van der Waals surface area contributed by atoms with E-state index >= 15 is 0 Å². The first-order valence-corrected chi connectivity index (χ1v) is 6.93. The molecule has 0 aromatic heterocycles. The van der Waals surface area contributed by atoms with Gasteiger partial charge in [-0.3, -0.25) is 9.59 Å². The van der Waals surface area contributed by atoms with Gasteiger partial charge in [0.25, 0.3) is 5.91 Å². The van der Waals surface area contributed by atoms with E-state index in [0.717, 1.165) is 12.1 Å². The number of amides is 1. The maximum Gasteiger partial charge on any atom is 1.00 e. The number of hydrogen-bond donors (Lipinski definition) is 3. The number of benzene rings is 2. The molecule has 9 nitrogen and oxygen atoms in total. The Bertz CT molecular complexity index is 852. The van der Waals surface area contributed by atoms with Gasteiger partial charge in [0, 0.05) is 11.1 Å². The fourth-order valence-corrected chi connectivity index (χ4v) is 1.80. The largest absolute Gasteiger partial charge is 1.00 e. The molecular weight excluding hydrogens is 353 g/mol. The molecule has 0 spiro atoms. The van der Waals surface area contributed by atoms with E-state index in [1.165, 1.54) is 30.3 Å². The minimum absolute atomic E-state index is 0. The Morgan fingerprint density at radius 1 is 1.00 bits per heavy atom. The van der Waals surface area contributed by atoms with E-state index in [2.05, 4.69) is 15.5 Å². The van der Waals surface area contributed by atoms with Crippen LogP contribution in [0.4, 0.5) is 11.4 Å². The summed E-state index contributed by atoms with van der Waals surface area (Å²) in [5, 5.41) is 38.7. The van der Waals surface area contributed by atoms with Crippen LogP contribution in [-0.2, 0) is 4.79 Å². The summed E-state index contributed by atoms with van der Waals surface area (Å²) in [5.41, 5.74) is 0.434. The van der Waals surface area contributed by atoms with Crippen LogP contribution >= 0.6 is 0 Å². The molecule has 0 atom stereocenters. The average molecular weight is 365 g/mol. The van der Waals surface area contributed by atoms with Crippen LogP contribution in [-0.4, -0.2) is 34.6 Å². The molecule has 128 valence electrons. The summed E-state index contributed by atoms with van der Waals surface area (Å²) < 4.78 is 0. The van der Waals surface area contributed by atoms with Crippen LogP contribution in [0, 0.1) is 0 Å². The summed E-state index contributed by atoms with van der Waals surface area (Å²) in [6, 6.07) is 9.50. The standard InChI is InChI=1S/C16H13N3O6.Na/c20-13-6-5-11(7-12(13)16(24)25)19-18-10-3-1-9(2-4-10)15(23)17-8-14(21)22;/h1-7,20H,8H2,(H,17,23)(H,21,22)(H,24,25);/q;+1/p-1. The molecule has 0 aliphatic heterocycles. The number of carboxylic acid groups (broad SMARTS) is 2.